The first-order valence-corrected chi connectivity index (χ1v) is 5.16. The van der Waals surface area contributed by atoms with E-state index in [0.29, 0.717) is 0 Å². The zero-order chi connectivity index (χ0) is 9.97. The molecule has 0 fully saturated rings. The molecule has 1 aromatic rings. The molecule has 0 spiro atoms. The van der Waals surface area contributed by atoms with Crippen molar-refractivity contribution in [2.75, 3.05) is 0 Å². The topological polar surface area (TPSA) is 43.1 Å². The van der Waals surface area contributed by atoms with E-state index in [2.05, 4.69) is 6.07 Å². The van der Waals surface area contributed by atoms with Crippen LogP contribution >= 0.6 is 0 Å². The van der Waals surface area contributed by atoms with Crippen molar-refractivity contribution >= 4 is 5.91 Å². The Balaban J connectivity index is 2.42. The summed E-state index contributed by atoms with van der Waals surface area (Å²) in [5, 5.41) is 0. The first kappa shape index (κ1) is 9.25. The number of hydrogen-bond donors (Lipinski definition) is 1. The maximum absolute atomic E-state index is 11.3. The molecule has 1 aromatic carbocycles. The Labute approximate surface area is 84.1 Å². The van der Waals surface area contributed by atoms with Crippen LogP contribution in [0.1, 0.15) is 36.3 Å². The minimum absolute atomic E-state index is 0.0614. The molecule has 0 aromatic heterocycles. The van der Waals surface area contributed by atoms with E-state index in [9.17, 15) is 4.79 Å². The molecular formula is C12H15NO. The molecule has 2 heteroatoms. The molecule has 14 heavy (non-hydrogen) atoms. The lowest BCUT2D eigenvalue weighted by molar-refractivity contribution is -0.119. The summed E-state index contributed by atoms with van der Waals surface area (Å²) in [6.45, 7) is 0. The van der Waals surface area contributed by atoms with Gasteiger partial charge in [-0.2, -0.15) is 0 Å². The molecule has 1 amide bonds. The molecular weight excluding hydrogens is 174 g/mol. The minimum Gasteiger partial charge on any atom is -0.369 e. The third-order valence-electron chi connectivity index (χ3n) is 2.96. The van der Waals surface area contributed by atoms with Gasteiger partial charge in [0.25, 0.3) is 0 Å². The van der Waals surface area contributed by atoms with Gasteiger partial charge in [0.15, 0.2) is 0 Å². The van der Waals surface area contributed by atoms with Crippen LogP contribution in [0.5, 0.6) is 0 Å². The Morgan fingerprint density at radius 3 is 2.86 bits per heavy atom. The number of carbonyl (C=O) groups is 1. The standard InChI is InChI=1S/C12H15NO/c13-12(14)11-8-4-2-6-9-5-1-3-7-10(9)11/h1,3,5,7,11H,2,4,6,8H2,(H2,13,14). The van der Waals surface area contributed by atoms with Crippen LogP contribution in [-0.2, 0) is 11.2 Å². The summed E-state index contributed by atoms with van der Waals surface area (Å²) in [7, 11) is 0. The number of aryl methyl sites for hydroxylation is 1. The van der Waals surface area contributed by atoms with Crippen LogP contribution in [0, 0.1) is 0 Å². The Bertz CT molecular complexity index is 346. The average Bonchev–Trinajstić information content (AvgIpc) is 2.39. The zero-order valence-corrected chi connectivity index (χ0v) is 8.20. The third-order valence-corrected chi connectivity index (χ3v) is 2.96. The smallest absolute Gasteiger partial charge is 0.224 e. The van der Waals surface area contributed by atoms with E-state index in [0.717, 1.165) is 24.8 Å². The fourth-order valence-corrected chi connectivity index (χ4v) is 2.22. The summed E-state index contributed by atoms with van der Waals surface area (Å²) < 4.78 is 0. The van der Waals surface area contributed by atoms with Crippen molar-refractivity contribution in [3.8, 4) is 0 Å². The SMILES string of the molecule is NC(=O)C1CCCCc2ccccc21. The number of amides is 1. The van der Waals surface area contributed by atoms with Gasteiger partial charge < -0.3 is 5.73 Å². The van der Waals surface area contributed by atoms with Crippen LogP contribution in [0.25, 0.3) is 0 Å². The highest BCUT2D eigenvalue weighted by atomic mass is 16.1. The van der Waals surface area contributed by atoms with Crippen molar-refractivity contribution in [1.82, 2.24) is 0 Å². The van der Waals surface area contributed by atoms with Crippen LogP contribution < -0.4 is 5.73 Å². The van der Waals surface area contributed by atoms with Crippen molar-refractivity contribution < 1.29 is 4.79 Å². The molecule has 1 aliphatic rings. The van der Waals surface area contributed by atoms with E-state index in [1.807, 2.05) is 18.2 Å². The summed E-state index contributed by atoms with van der Waals surface area (Å²) >= 11 is 0. The molecule has 1 unspecified atom stereocenters. The number of rotatable bonds is 1. The van der Waals surface area contributed by atoms with Crippen molar-refractivity contribution in [3.05, 3.63) is 35.4 Å². The summed E-state index contributed by atoms with van der Waals surface area (Å²) in [5.74, 6) is -0.243. The highest BCUT2D eigenvalue weighted by Gasteiger charge is 2.22. The molecule has 0 aliphatic heterocycles. The van der Waals surface area contributed by atoms with Gasteiger partial charge in [-0.3, -0.25) is 4.79 Å². The van der Waals surface area contributed by atoms with Gasteiger partial charge in [0.2, 0.25) is 5.91 Å². The molecule has 0 radical (unpaired) electrons. The summed E-state index contributed by atoms with van der Waals surface area (Å²) in [6, 6.07) is 8.16. The molecule has 0 bridgehead atoms. The second kappa shape index (κ2) is 3.82. The highest BCUT2D eigenvalue weighted by molar-refractivity contribution is 5.82. The van der Waals surface area contributed by atoms with Crippen molar-refractivity contribution in [2.24, 2.45) is 5.73 Å². The largest absolute Gasteiger partial charge is 0.369 e. The normalized spacial score (nSPS) is 21.0. The van der Waals surface area contributed by atoms with E-state index in [1.54, 1.807) is 0 Å². The van der Waals surface area contributed by atoms with Gasteiger partial charge in [-0.25, -0.2) is 0 Å². The van der Waals surface area contributed by atoms with Crippen molar-refractivity contribution in [1.29, 1.82) is 0 Å². The Morgan fingerprint density at radius 2 is 2.07 bits per heavy atom. The second-order valence-corrected chi connectivity index (χ2v) is 3.90. The molecule has 0 saturated carbocycles. The summed E-state index contributed by atoms with van der Waals surface area (Å²) in [4.78, 5) is 11.3. The van der Waals surface area contributed by atoms with Crippen LogP contribution in [0.2, 0.25) is 0 Å². The first-order chi connectivity index (χ1) is 6.79. The number of primary amides is 1. The lowest BCUT2D eigenvalue weighted by Crippen LogP contribution is -2.21. The molecule has 1 aliphatic carbocycles. The van der Waals surface area contributed by atoms with Gasteiger partial charge in [0, 0.05) is 0 Å². The third kappa shape index (κ3) is 1.65. The maximum atomic E-state index is 11.3. The number of nitrogens with two attached hydrogens (primary N) is 1. The van der Waals surface area contributed by atoms with Gasteiger partial charge in [0.05, 0.1) is 5.92 Å². The molecule has 0 heterocycles. The quantitative estimate of drug-likeness (QED) is 0.674. The Morgan fingerprint density at radius 1 is 1.29 bits per heavy atom. The van der Waals surface area contributed by atoms with Gasteiger partial charge in [0.1, 0.15) is 0 Å². The van der Waals surface area contributed by atoms with Gasteiger partial charge in [-0.05, 0) is 30.4 Å². The van der Waals surface area contributed by atoms with E-state index in [-0.39, 0.29) is 11.8 Å². The minimum atomic E-state index is -0.181. The molecule has 0 saturated heterocycles. The van der Waals surface area contributed by atoms with Gasteiger partial charge in [-0.1, -0.05) is 30.7 Å². The number of fused-ring (bicyclic) bond motifs is 1. The van der Waals surface area contributed by atoms with E-state index in [4.69, 9.17) is 5.73 Å². The molecule has 2 rings (SSSR count). The lowest BCUT2D eigenvalue weighted by Gasteiger charge is -2.13. The van der Waals surface area contributed by atoms with Gasteiger partial charge in [-0.15, -0.1) is 0 Å². The molecule has 2 N–H and O–H groups in total. The lowest BCUT2D eigenvalue weighted by atomic mass is 9.92. The molecule has 2 nitrogen and oxygen atoms in total. The van der Waals surface area contributed by atoms with Crippen molar-refractivity contribution in [3.63, 3.8) is 0 Å². The summed E-state index contributed by atoms with van der Waals surface area (Å²) in [5.41, 5.74) is 7.86. The van der Waals surface area contributed by atoms with Crippen LogP contribution in [-0.4, -0.2) is 5.91 Å². The van der Waals surface area contributed by atoms with Crippen molar-refractivity contribution in [2.45, 2.75) is 31.6 Å². The predicted octanol–water partition coefficient (Wildman–Crippen LogP) is 1.98. The number of carbonyl (C=O) groups excluding carboxylic acids is 1. The van der Waals surface area contributed by atoms with E-state index < -0.39 is 0 Å². The van der Waals surface area contributed by atoms with Crippen LogP contribution in [0.4, 0.5) is 0 Å². The van der Waals surface area contributed by atoms with E-state index >= 15 is 0 Å². The molecule has 74 valence electrons. The average molecular weight is 189 g/mol. The highest BCUT2D eigenvalue weighted by Crippen LogP contribution is 2.29. The Kier molecular flexibility index (Phi) is 2.53. The van der Waals surface area contributed by atoms with E-state index in [1.165, 1.54) is 12.0 Å². The monoisotopic (exact) mass is 189 g/mol. The fraction of sp³-hybridized carbons (Fsp3) is 0.417. The second-order valence-electron chi connectivity index (χ2n) is 3.90. The predicted molar refractivity (Wildman–Crippen MR) is 55.9 cm³/mol. The first-order valence-electron chi connectivity index (χ1n) is 5.16. The number of benzene rings is 1. The van der Waals surface area contributed by atoms with Crippen LogP contribution in [0.15, 0.2) is 24.3 Å². The number of hydrogen-bond acceptors (Lipinski definition) is 1. The maximum Gasteiger partial charge on any atom is 0.224 e. The fourth-order valence-electron chi connectivity index (χ4n) is 2.22. The van der Waals surface area contributed by atoms with Gasteiger partial charge >= 0.3 is 0 Å². The zero-order valence-electron chi connectivity index (χ0n) is 8.20. The van der Waals surface area contributed by atoms with Crippen LogP contribution in [0.3, 0.4) is 0 Å². The molecule has 1 atom stereocenters. The Hall–Kier alpha value is -1.31. The summed E-state index contributed by atoms with van der Waals surface area (Å²) in [6.07, 6.45) is 4.26.